The van der Waals surface area contributed by atoms with Crippen molar-refractivity contribution in [1.29, 1.82) is 0 Å². The van der Waals surface area contributed by atoms with E-state index in [1.165, 1.54) is 0 Å². The van der Waals surface area contributed by atoms with Gasteiger partial charge in [-0.3, -0.25) is 5.26 Å². The smallest absolute Gasteiger partial charge is 0.114 e. The van der Waals surface area contributed by atoms with E-state index < -0.39 is 0 Å². The van der Waals surface area contributed by atoms with Crippen molar-refractivity contribution >= 4 is 0 Å². The van der Waals surface area contributed by atoms with Crippen LogP contribution in [0.3, 0.4) is 0 Å². The van der Waals surface area contributed by atoms with Gasteiger partial charge in [-0.05, 0) is 35.2 Å². The van der Waals surface area contributed by atoms with Crippen LogP contribution in [0.2, 0.25) is 0 Å². The average molecular weight is 242 g/mol. The molecule has 17 heavy (non-hydrogen) atoms. The van der Waals surface area contributed by atoms with Crippen LogP contribution in [0.1, 0.15) is 61.8 Å². The quantitative estimate of drug-likeness (QED) is 0.421. The maximum Gasteiger partial charge on any atom is 0.114 e. The molecule has 0 bridgehead atoms. The van der Waals surface area contributed by atoms with Gasteiger partial charge in [0.15, 0.2) is 0 Å². The van der Waals surface area contributed by atoms with E-state index in [9.17, 15) is 0 Å². The molecule has 1 atom stereocenters. The molecule has 0 aromatic heterocycles. The fourth-order valence-corrected chi connectivity index (χ4v) is 2.04. The van der Waals surface area contributed by atoms with E-state index >= 15 is 0 Å². The van der Waals surface area contributed by atoms with Crippen molar-refractivity contribution in [1.82, 2.24) is 0 Å². The highest BCUT2D eigenvalue weighted by molar-refractivity contribution is 5.03. The van der Waals surface area contributed by atoms with Crippen LogP contribution in [0.5, 0.6) is 0 Å². The van der Waals surface area contributed by atoms with Crippen molar-refractivity contribution in [2.75, 3.05) is 0 Å². The summed E-state index contributed by atoms with van der Waals surface area (Å²) in [5, 5.41) is 8.97. The predicted molar refractivity (Wildman–Crippen MR) is 73.9 cm³/mol. The lowest BCUT2D eigenvalue weighted by Gasteiger charge is -2.51. The van der Waals surface area contributed by atoms with Gasteiger partial charge in [0.2, 0.25) is 0 Å². The molecule has 0 amide bonds. The highest BCUT2D eigenvalue weighted by Gasteiger charge is 2.46. The second-order valence-electron chi connectivity index (χ2n) is 7.40. The van der Waals surface area contributed by atoms with E-state index in [-0.39, 0.29) is 22.3 Å². The van der Waals surface area contributed by atoms with E-state index in [0.29, 0.717) is 0 Å². The average Bonchev–Trinajstić information content (AvgIpc) is 2.11. The summed E-state index contributed by atoms with van der Waals surface area (Å²) in [4.78, 5) is 4.56. The van der Waals surface area contributed by atoms with Crippen molar-refractivity contribution in [2.45, 2.75) is 67.9 Å². The SMILES string of the molecule is C=C(C)C(CC(C)(C)C(C)(C)C(C)(C)C)OO. The Morgan fingerprint density at radius 2 is 1.53 bits per heavy atom. The van der Waals surface area contributed by atoms with Gasteiger partial charge in [0.05, 0.1) is 0 Å². The third-order valence-corrected chi connectivity index (χ3v) is 4.94. The van der Waals surface area contributed by atoms with E-state index in [1.54, 1.807) is 0 Å². The summed E-state index contributed by atoms with van der Waals surface area (Å²) in [6, 6.07) is 0. The standard InChI is InChI=1S/C15H30O2/c1-11(2)12(17-16)10-14(6,7)15(8,9)13(3,4)5/h12,16H,1,10H2,2-9H3. The molecule has 2 nitrogen and oxygen atoms in total. The Hall–Kier alpha value is -0.340. The maximum atomic E-state index is 8.97. The second kappa shape index (κ2) is 5.11. The molecule has 0 fully saturated rings. The topological polar surface area (TPSA) is 29.5 Å². The lowest BCUT2D eigenvalue weighted by Crippen LogP contribution is -2.45. The van der Waals surface area contributed by atoms with Gasteiger partial charge >= 0.3 is 0 Å². The monoisotopic (exact) mass is 242 g/mol. The van der Waals surface area contributed by atoms with E-state index in [4.69, 9.17) is 5.26 Å². The molecular weight excluding hydrogens is 212 g/mol. The Kier molecular flexibility index (Phi) is 5.01. The van der Waals surface area contributed by atoms with Crippen molar-refractivity contribution in [2.24, 2.45) is 16.2 Å². The minimum Gasteiger partial charge on any atom is -0.251 e. The van der Waals surface area contributed by atoms with E-state index in [1.807, 2.05) is 6.92 Å². The molecule has 102 valence electrons. The van der Waals surface area contributed by atoms with Crippen LogP contribution >= 0.6 is 0 Å². The van der Waals surface area contributed by atoms with E-state index in [0.717, 1.165) is 12.0 Å². The third-order valence-electron chi connectivity index (χ3n) is 4.94. The molecule has 0 spiro atoms. The van der Waals surface area contributed by atoms with Crippen LogP contribution in [0, 0.1) is 16.2 Å². The zero-order valence-corrected chi connectivity index (χ0v) is 12.8. The molecule has 0 rings (SSSR count). The molecule has 0 heterocycles. The summed E-state index contributed by atoms with van der Waals surface area (Å²) in [6.07, 6.45) is 0.481. The fraction of sp³-hybridized carbons (Fsp3) is 0.867. The number of hydrogen-bond donors (Lipinski definition) is 1. The third kappa shape index (κ3) is 3.56. The van der Waals surface area contributed by atoms with Crippen LogP contribution in [0.4, 0.5) is 0 Å². The minimum absolute atomic E-state index is 0.0393. The van der Waals surface area contributed by atoms with Crippen molar-refractivity contribution in [3.8, 4) is 0 Å². The maximum absolute atomic E-state index is 8.97. The predicted octanol–water partition coefficient (Wildman–Crippen LogP) is 4.91. The van der Waals surface area contributed by atoms with Crippen LogP contribution in [-0.2, 0) is 4.89 Å². The zero-order chi connectivity index (χ0) is 14.1. The molecule has 1 N–H and O–H groups in total. The Labute approximate surface area is 107 Å². The minimum atomic E-state index is -0.286. The summed E-state index contributed by atoms with van der Waals surface area (Å²) in [7, 11) is 0. The van der Waals surface area contributed by atoms with Gasteiger partial charge in [0.25, 0.3) is 0 Å². The molecule has 0 saturated heterocycles. The molecule has 0 radical (unpaired) electrons. The van der Waals surface area contributed by atoms with Crippen LogP contribution < -0.4 is 0 Å². The van der Waals surface area contributed by atoms with Gasteiger partial charge in [0, 0.05) is 0 Å². The molecule has 0 saturated carbocycles. The molecule has 0 aromatic carbocycles. The summed E-state index contributed by atoms with van der Waals surface area (Å²) >= 11 is 0. The summed E-state index contributed by atoms with van der Waals surface area (Å²) in [6.45, 7) is 21.5. The Morgan fingerprint density at radius 1 is 1.12 bits per heavy atom. The van der Waals surface area contributed by atoms with Crippen LogP contribution in [0.25, 0.3) is 0 Å². The van der Waals surface area contributed by atoms with Crippen molar-refractivity contribution in [3.05, 3.63) is 12.2 Å². The molecule has 1 unspecified atom stereocenters. The van der Waals surface area contributed by atoms with Crippen LogP contribution in [-0.4, -0.2) is 11.4 Å². The lowest BCUT2D eigenvalue weighted by molar-refractivity contribution is -0.277. The zero-order valence-electron chi connectivity index (χ0n) is 12.8. The van der Waals surface area contributed by atoms with Gasteiger partial charge < -0.3 is 0 Å². The fourth-order valence-electron chi connectivity index (χ4n) is 2.04. The van der Waals surface area contributed by atoms with Crippen LogP contribution in [0.15, 0.2) is 12.2 Å². The van der Waals surface area contributed by atoms with Gasteiger partial charge in [-0.1, -0.05) is 55.0 Å². The Balaban J connectivity index is 5.08. The molecule has 0 aromatic rings. The largest absolute Gasteiger partial charge is 0.251 e. The highest BCUT2D eigenvalue weighted by atomic mass is 17.1. The van der Waals surface area contributed by atoms with Crippen molar-refractivity contribution in [3.63, 3.8) is 0 Å². The van der Waals surface area contributed by atoms with Gasteiger partial charge in [-0.25, -0.2) is 4.89 Å². The molecule has 2 heteroatoms. The first-order valence-corrected chi connectivity index (χ1v) is 6.32. The second-order valence-corrected chi connectivity index (χ2v) is 7.40. The first-order valence-electron chi connectivity index (χ1n) is 6.32. The van der Waals surface area contributed by atoms with E-state index in [2.05, 4.69) is 59.9 Å². The number of rotatable bonds is 5. The molecular formula is C15H30O2. The highest BCUT2D eigenvalue weighted by Crippen LogP contribution is 2.53. The summed E-state index contributed by atoms with van der Waals surface area (Å²) in [5.74, 6) is 0. The summed E-state index contributed by atoms with van der Waals surface area (Å²) < 4.78 is 0. The van der Waals surface area contributed by atoms with Gasteiger partial charge in [-0.2, -0.15) is 0 Å². The number of hydrogen-bond acceptors (Lipinski definition) is 2. The first-order chi connectivity index (χ1) is 7.37. The molecule has 0 aliphatic rings. The molecule has 0 aliphatic heterocycles. The van der Waals surface area contributed by atoms with Gasteiger partial charge in [0.1, 0.15) is 6.10 Å². The lowest BCUT2D eigenvalue weighted by atomic mass is 9.54. The molecule has 0 aliphatic carbocycles. The summed E-state index contributed by atoms with van der Waals surface area (Å²) in [5.41, 5.74) is 1.21. The normalized spacial score (nSPS) is 15.8. The van der Waals surface area contributed by atoms with Crippen molar-refractivity contribution < 1.29 is 10.1 Å². The Bertz CT molecular complexity index is 269. The van der Waals surface area contributed by atoms with Gasteiger partial charge in [-0.15, -0.1) is 0 Å². The first kappa shape index (κ1) is 16.7. The Morgan fingerprint density at radius 3 is 1.76 bits per heavy atom.